The summed E-state index contributed by atoms with van der Waals surface area (Å²) in [7, 11) is 0. The standard InChI is InChI=1S/C11H21NO3/c13-8-11(4-6-15-7-5-11)12-9-2-1-3-10(9)14/h9-10,12-14H,1-8H2/t9-,10-/m0/s1. The van der Waals surface area contributed by atoms with Gasteiger partial charge in [-0.1, -0.05) is 0 Å². The van der Waals surface area contributed by atoms with Gasteiger partial charge in [0, 0.05) is 24.8 Å². The molecule has 0 aromatic rings. The van der Waals surface area contributed by atoms with Gasteiger partial charge in [0.15, 0.2) is 0 Å². The average Bonchev–Trinajstić information content (AvgIpc) is 2.66. The first-order valence-electron chi connectivity index (χ1n) is 5.90. The first-order chi connectivity index (χ1) is 7.26. The summed E-state index contributed by atoms with van der Waals surface area (Å²) in [5, 5.41) is 22.7. The van der Waals surface area contributed by atoms with E-state index in [-0.39, 0.29) is 24.3 Å². The lowest BCUT2D eigenvalue weighted by molar-refractivity contribution is -0.00178. The normalized spacial score (nSPS) is 35.6. The third-order valence-electron chi connectivity index (χ3n) is 3.72. The van der Waals surface area contributed by atoms with Gasteiger partial charge in [-0.3, -0.25) is 0 Å². The fraction of sp³-hybridized carbons (Fsp3) is 1.00. The van der Waals surface area contributed by atoms with Crippen LogP contribution in [-0.4, -0.2) is 47.7 Å². The lowest BCUT2D eigenvalue weighted by Gasteiger charge is -2.39. The number of hydrogen-bond donors (Lipinski definition) is 3. The van der Waals surface area contributed by atoms with Crippen molar-refractivity contribution in [1.82, 2.24) is 5.32 Å². The second-order valence-corrected chi connectivity index (χ2v) is 4.80. The SMILES string of the molecule is OCC1(N[C@H]2CCC[C@@H]2O)CCOCC1. The van der Waals surface area contributed by atoms with E-state index in [4.69, 9.17) is 4.74 Å². The van der Waals surface area contributed by atoms with Gasteiger partial charge in [0.25, 0.3) is 0 Å². The quantitative estimate of drug-likeness (QED) is 0.621. The summed E-state index contributed by atoms with van der Waals surface area (Å²) in [6.45, 7) is 1.55. The molecule has 0 bridgehead atoms. The van der Waals surface area contributed by atoms with Crippen LogP contribution in [0.15, 0.2) is 0 Å². The minimum atomic E-state index is -0.240. The molecule has 2 aliphatic rings. The van der Waals surface area contributed by atoms with Gasteiger partial charge in [-0.25, -0.2) is 0 Å². The number of nitrogens with one attached hydrogen (secondary N) is 1. The van der Waals surface area contributed by atoms with Crippen molar-refractivity contribution in [2.24, 2.45) is 0 Å². The first-order valence-corrected chi connectivity index (χ1v) is 5.90. The Bertz CT molecular complexity index is 204. The highest BCUT2D eigenvalue weighted by Gasteiger charge is 2.37. The summed E-state index contributed by atoms with van der Waals surface area (Å²) in [5.74, 6) is 0. The Morgan fingerprint density at radius 2 is 2.00 bits per heavy atom. The second kappa shape index (κ2) is 4.78. The van der Waals surface area contributed by atoms with Crippen LogP contribution in [0.1, 0.15) is 32.1 Å². The molecule has 1 aliphatic carbocycles. The van der Waals surface area contributed by atoms with Gasteiger partial charge in [0.2, 0.25) is 0 Å². The van der Waals surface area contributed by atoms with Crippen LogP contribution in [0.4, 0.5) is 0 Å². The van der Waals surface area contributed by atoms with E-state index in [1.165, 1.54) is 0 Å². The van der Waals surface area contributed by atoms with Crippen LogP contribution in [0.25, 0.3) is 0 Å². The highest BCUT2D eigenvalue weighted by atomic mass is 16.5. The Labute approximate surface area is 90.6 Å². The first kappa shape index (κ1) is 11.3. The summed E-state index contributed by atoms with van der Waals surface area (Å²) in [5.41, 5.74) is -0.214. The van der Waals surface area contributed by atoms with Crippen LogP contribution in [-0.2, 0) is 4.74 Å². The van der Waals surface area contributed by atoms with Crippen LogP contribution >= 0.6 is 0 Å². The minimum Gasteiger partial charge on any atom is -0.394 e. The molecule has 4 nitrogen and oxygen atoms in total. The number of hydrogen-bond acceptors (Lipinski definition) is 4. The average molecular weight is 215 g/mol. The van der Waals surface area contributed by atoms with Gasteiger partial charge in [0.05, 0.1) is 12.7 Å². The lowest BCUT2D eigenvalue weighted by Crippen LogP contribution is -2.57. The molecule has 4 heteroatoms. The highest BCUT2D eigenvalue weighted by Crippen LogP contribution is 2.26. The molecule has 1 saturated heterocycles. The Morgan fingerprint density at radius 1 is 1.27 bits per heavy atom. The van der Waals surface area contributed by atoms with Crippen LogP contribution in [0.2, 0.25) is 0 Å². The number of aliphatic hydroxyl groups is 2. The van der Waals surface area contributed by atoms with E-state index in [0.717, 1.165) is 32.1 Å². The zero-order valence-corrected chi connectivity index (χ0v) is 9.11. The molecular weight excluding hydrogens is 194 g/mol. The molecule has 1 aliphatic heterocycles. The highest BCUT2D eigenvalue weighted by molar-refractivity contribution is 4.95. The maximum absolute atomic E-state index is 9.75. The molecule has 2 atom stereocenters. The van der Waals surface area contributed by atoms with Crippen molar-refractivity contribution in [2.45, 2.75) is 49.8 Å². The maximum Gasteiger partial charge on any atom is 0.0693 e. The monoisotopic (exact) mass is 215 g/mol. The molecular formula is C11H21NO3. The third kappa shape index (κ3) is 2.50. The molecule has 0 unspecified atom stereocenters. The fourth-order valence-corrected chi connectivity index (χ4v) is 2.61. The van der Waals surface area contributed by atoms with Gasteiger partial charge in [-0.15, -0.1) is 0 Å². The molecule has 0 amide bonds. The van der Waals surface area contributed by atoms with E-state index in [9.17, 15) is 10.2 Å². The van der Waals surface area contributed by atoms with Crippen LogP contribution < -0.4 is 5.32 Å². The van der Waals surface area contributed by atoms with Crippen LogP contribution in [0, 0.1) is 0 Å². The second-order valence-electron chi connectivity index (χ2n) is 4.80. The number of ether oxygens (including phenoxy) is 1. The van der Waals surface area contributed by atoms with Gasteiger partial charge in [-0.2, -0.15) is 0 Å². The Balaban J connectivity index is 1.94. The molecule has 1 heterocycles. The Hall–Kier alpha value is -0.160. The van der Waals surface area contributed by atoms with Crippen LogP contribution in [0.5, 0.6) is 0 Å². The molecule has 0 radical (unpaired) electrons. The van der Waals surface area contributed by atoms with Crippen molar-refractivity contribution in [1.29, 1.82) is 0 Å². The Kier molecular flexibility index (Phi) is 3.61. The predicted octanol–water partition coefficient (Wildman–Crippen LogP) is 0.0309. The fourth-order valence-electron chi connectivity index (χ4n) is 2.61. The lowest BCUT2D eigenvalue weighted by atomic mass is 9.89. The van der Waals surface area contributed by atoms with E-state index in [1.54, 1.807) is 0 Å². The maximum atomic E-state index is 9.75. The molecule has 2 fully saturated rings. The summed E-state index contributed by atoms with van der Waals surface area (Å²) in [4.78, 5) is 0. The topological polar surface area (TPSA) is 61.7 Å². The third-order valence-corrected chi connectivity index (χ3v) is 3.72. The van der Waals surface area contributed by atoms with E-state index < -0.39 is 0 Å². The van der Waals surface area contributed by atoms with Gasteiger partial charge >= 0.3 is 0 Å². The zero-order valence-electron chi connectivity index (χ0n) is 9.11. The summed E-state index contributed by atoms with van der Waals surface area (Å²) in [6, 6.07) is 0.162. The van der Waals surface area contributed by atoms with Gasteiger partial charge in [0.1, 0.15) is 0 Å². The Morgan fingerprint density at radius 3 is 2.53 bits per heavy atom. The largest absolute Gasteiger partial charge is 0.394 e. The predicted molar refractivity (Wildman–Crippen MR) is 56.7 cm³/mol. The molecule has 2 rings (SSSR count). The number of aliphatic hydroxyl groups excluding tert-OH is 2. The van der Waals surface area contributed by atoms with Gasteiger partial charge in [-0.05, 0) is 32.1 Å². The molecule has 0 aromatic carbocycles. The smallest absolute Gasteiger partial charge is 0.0693 e. The minimum absolute atomic E-state index is 0.138. The summed E-state index contributed by atoms with van der Waals surface area (Å²) in [6.07, 6.45) is 4.42. The zero-order chi connectivity index (χ0) is 10.7. The van der Waals surface area contributed by atoms with E-state index in [1.807, 2.05) is 0 Å². The molecule has 0 spiro atoms. The van der Waals surface area contributed by atoms with E-state index in [2.05, 4.69) is 5.32 Å². The van der Waals surface area contributed by atoms with Crippen molar-refractivity contribution in [3.8, 4) is 0 Å². The van der Waals surface area contributed by atoms with Crippen molar-refractivity contribution in [3.05, 3.63) is 0 Å². The molecule has 1 saturated carbocycles. The summed E-state index contributed by atoms with van der Waals surface area (Å²) < 4.78 is 5.30. The molecule has 0 aromatic heterocycles. The molecule has 3 N–H and O–H groups in total. The van der Waals surface area contributed by atoms with Crippen molar-refractivity contribution < 1.29 is 14.9 Å². The van der Waals surface area contributed by atoms with Crippen molar-refractivity contribution in [2.75, 3.05) is 19.8 Å². The van der Waals surface area contributed by atoms with E-state index >= 15 is 0 Å². The van der Waals surface area contributed by atoms with Gasteiger partial charge < -0.3 is 20.3 Å². The van der Waals surface area contributed by atoms with Crippen molar-refractivity contribution in [3.63, 3.8) is 0 Å². The van der Waals surface area contributed by atoms with Crippen molar-refractivity contribution >= 4 is 0 Å². The summed E-state index contributed by atoms with van der Waals surface area (Å²) >= 11 is 0. The number of rotatable bonds is 3. The molecule has 15 heavy (non-hydrogen) atoms. The molecule has 88 valence electrons. The van der Waals surface area contributed by atoms with E-state index in [0.29, 0.717) is 13.2 Å². The van der Waals surface area contributed by atoms with Crippen LogP contribution in [0.3, 0.4) is 0 Å².